The molecule has 2 rings (SSSR count). The van der Waals surface area contributed by atoms with E-state index in [0.29, 0.717) is 17.2 Å². The van der Waals surface area contributed by atoms with Crippen molar-refractivity contribution in [2.45, 2.75) is 17.1 Å². The summed E-state index contributed by atoms with van der Waals surface area (Å²) >= 11 is 4.44. The molecule has 9 heteroatoms. The lowest BCUT2D eigenvalue weighted by molar-refractivity contribution is 0.287. The first kappa shape index (κ1) is 14.8. The molecule has 0 spiro atoms. The van der Waals surface area contributed by atoms with Gasteiger partial charge in [-0.1, -0.05) is 5.16 Å². The molecule has 0 amide bonds. The Hall–Kier alpha value is -0.640. The maximum atomic E-state index is 12.4. The third kappa shape index (κ3) is 3.10. The first-order valence-corrected chi connectivity index (χ1v) is 8.73. The van der Waals surface area contributed by atoms with Gasteiger partial charge in [-0.05, 0) is 40.9 Å². The highest BCUT2D eigenvalue weighted by atomic mass is 79.9. The van der Waals surface area contributed by atoms with Gasteiger partial charge in [-0.3, -0.25) is 0 Å². The second-order valence-corrected chi connectivity index (χ2v) is 8.91. The zero-order valence-corrected chi connectivity index (χ0v) is 13.2. The molecule has 3 N–H and O–H groups in total. The van der Waals surface area contributed by atoms with Gasteiger partial charge in [0.1, 0.15) is 10.0 Å². The summed E-state index contributed by atoms with van der Waals surface area (Å²) < 4.78 is 27.3. The smallest absolute Gasteiger partial charge is 0.252 e. The Morgan fingerprint density at radius 1 is 1.58 bits per heavy atom. The lowest BCUT2D eigenvalue weighted by Gasteiger charge is -2.30. The molecule has 0 saturated carbocycles. The number of amidine groups is 1. The molecule has 0 aliphatic carbocycles. The molecule has 1 aliphatic heterocycles. The van der Waals surface area contributed by atoms with Crippen LogP contribution < -0.4 is 5.73 Å². The van der Waals surface area contributed by atoms with Gasteiger partial charge in [0.15, 0.2) is 0 Å². The monoisotopic (exact) mass is 367 g/mol. The van der Waals surface area contributed by atoms with Crippen molar-refractivity contribution in [2.75, 3.05) is 13.1 Å². The van der Waals surface area contributed by atoms with Gasteiger partial charge in [-0.15, -0.1) is 11.3 Å². The Balaban J connectivity index is 2.21. The largest absolute Gasteiger partial charge is 0.409 e. The van der Waals surface area contributed by atoms with Gasteiger partial charge in [-0.2, -0.15) is 4.31 Å². The molecule has 6 nitrogen and oxygen atoms in total. The summed E-state index contributed by atoms with van der Waals surface area (Å²) in [6, 6.07) is 3.29. The number of hydrogen-bond donors (Lipinski definition) is 2. The minimum Gasteiger partial charge on any atom is -0.409 e. The molecule has 106 valence electrons. The highest BCUT2D eigenvalue weighted by Gasteiger charge is 2.32. The van der Waals surface area contributed by atoms with Crippen molar-refractivity contribution in [3.63, 3.8) is 0 Å². The number of rotatable bonds is 3. The fourth-order valence-electron chi connectivity index (χ4n) is 2.05. The van der Waals surface area contributed by atoms with E-state index < -0.39 is 10.0 Å². The van der Waals surface area contributed by atoms with Gasteiger partial charge in [0.05, 0.1) is 3.79 Å². The van der Waals surface area contributed by atoms with Crippen LogP contribution in [0.4, 0.5) is 0 Å². The number of piperidine rings is 1. The lowest BCUT2D eigenvalue weighted by atomic mass is 9.99. The molecule has 0 aromatic carbocycles. The topological polar surface area (TPSA) is 96.0 Å². The van der Waals surface area contributed by atoms with Crippen molar-refractivity contribution in [1.82, 2.24) is 4.31 Å². The molecular formula is C10H14BrN3O3S2. The Kier molecular flexibility index (Phi) is 4.49. The predicted octanol–water partition coefficient (Wildman–Crippen LogP) is 1.66. The lowest BCUT2D eigenvalue weighted by Crippen LogP contribution is -2.43. The van der Waals surface area contributed by atoms with Crippen LogP contribution in [0.5, 0.6) is 0 Å². The van der Waals surface area contributed by atoms with Crippen molar-refractivity contribution in [3.8, 4) is 0 Å². The second kappa shape index (κ2) is 5.78. The van der Waals surface area contributed by atoms with Gasteiger partial charge in [-0.25, -0.2) is 8.42 Å². The first-order chi connectivity index (χ1) is 8.95. The second-order valence-electron chi connectivity index (χ2n) is 4.29. The fraction of sp³-hybridized carbons (Fsp3) is 0.500. The maximum absolute atomic E-state index is 12.4. The SMILES string of the molecule is NC(=NO)C1CCCN(S(=O)(=O)c2ccc(Br)s2)C1. The average molecular weight is 368 g/mol. The van der Waals surface area contributed by atoms with E-state index in [2.05, 4.69) is 21.1 Å². The quantitative estimate of drug-likeness (QED) is 0.367. The number of nitrogens with zero attached hydrogens (tertiary/aromatic N) is 2. The molecular weight excluding hydrogens is 354 g/mol. The van der Waals surface area contributed by atoms with E-state index in [4.69, 9.17) is 10.9 Å². The highest BCUT2D eigenvalue weighted by Crippen LogP contribution is 2.30. The summed E-state index contributed by atoms with van der Waals surface area (Å²) in [5.41, 5.74) is 5.57. The van der Waals surface area contributed by atoms with Crippen LogP contribution in [0.3, 0.4) is 0 Å². The van der Waals surface area contributed by atoms with Crippen molar-refractivity contribution in [2.24, 2.45) is 16.8 Å². The van der Waals surface area contributed by atoms with Gasteiger partial charge < -0.3 is 10.9 Å². The molecule has 1 fully saturated rings. The molecule has 1 unspecified atom stereocenters. The minimum absolute atomic E-state index is 0.0901. The van der Waals surface area contributed by atoms with E-state index in [1.807, 2.05) is 0 Å². The van der Waals surface area contributed by atoms with E-state index in [9.17, 15) is 8.42 Å². The van der Waals surface area contributed by atoms with Gasteiger partial charge in [0.25, 0.3) is 10.0 Å². The number of halogens is 1. The van der Waals surface area contributed by atoms with Crippen molar-refractivity contribution in [1.29, 1.82) is 0 Å². The normalized spacial score (nSPS) is 22.6. The van der Waals surface area contributed by atoms with E-state index in [0.717, 1.165) is 10.2 Å². The zero-order valence-electron chi connectivity index (χ0n) is 9.99. The van der Waals surface area contributed by atoms with Crippen LogP contribution >= 0.6 is 27.3 Å². The average Bonchev–Trinajstić information content (AvgIpc) is 2.85. The van der Waals surface area contributed by atoms with Crippen LogP contribution in [0.15, 0.2) is 25.3 Å². The van der Waals surface area contributed by atoms with Crippen LogP contribution in [0, 0.1) is 5.92 Å². The molecule has 2 heterocycles. The molecule has 19 heavy (non-hydrogen) atoms. The van der Waals surface area contributed by atoms with E-state index >= 15 is 0 Å². The summed E-state index contributed by atoms with van der Waals surface area (Å²) in [5.74, 6) is -0.135. The molecule has 1 aromatic heterocycles. The predicted molar refractivity (Wildman–Crippen MR) is 76.9 cm³/mol. The van der Waals surface area contributed by atoms with E-state index in [1.165, 1.54) is 15.6 Å². The van der Waals surface area contributed by atoms with Gasteiger partial charge in [0.2, 0.25) is 0 Å². The molecule has 1 saturated heterocycles. The standard InChI is InChI=1S/C10H14BrN3O3S2/c11-8-3-4-9(18-8)19(16,17)14-5-1-2-7(6-14)10(12)13-15/h3-4,7,15H,1-2,5-6H2,(H2,12,13). The van der Waals surface area contributed by atoms with Crippen molar-refractivity contribution >= 4 is 43.1 Å². The molecule has 0 radical (unpaired) electrons. The number of hydrogen-bond acceptors (Lipinski definition) is 5. The van der Waals surface area contributed by atoms with E-state index in [-0.39, 0.29) is 18.3 Å². The third-order valence-electron chi connectivity index (χ3n) is 3.06. The Bertz CT molecular complexity index is 585. The fourth-order valence-corrected chi connectivity index (χ4v) is 5.74. The number of oxime groups is 1. The Labute approximate surface area is 124 Å². The summed E-state index contributed by atoms with van der Waals surface area (Å²) in [6.45, 7) is 0.723. The highest BCUT2D eigenvalue weighted by molar-refractivity contribution is 9.11. The van der Waals surface area contributed by atoms with E-state index in [1.54, 1.807) is 12.1 Å². The van der Waals surface area contributed by atoms with Gasteiger partial charge in [0, 0.05) is 19.0 Å². The van der Waals surface area contributed by atoms with Crippen molar-refractivity contribution in [3.05, 3.63) is 15.9 Å². The molecule has 1 aliphatic rings. The van der Waals surface area contributed by atoms with Crippen LogP contribution in [-0.4, -0.2) is 36.9 Å². The number of nitrogens with two attached hydrogens (primary N) is 1. The number of sulfonamides is 1. The van der Waals surface area contributed by atoms with Crippen molar-refractivity contribution < 1.29 is 13.6 Å². The summed E-state index contributed by atoms with van der Waals surface area (Å²) in [7, 11) is -3.49. The zero-order chi connectivity index (χ0) is 14.0. The van der Waals surface area contributed by atoms with Crippen LogP contribution in [-0.2, 0) is 10.0 Å². The summed E-state index contributed by atoms with van der Waals surface area (Å²) in [5, 5.41) is 11.7. The van der Waals surface area contributed by atoms with Gasteiger partial charge >= 0.3 is 0 Å². The molecule has 0 bridgehead atoms. The first-order valence-electron chi connectivity index (χ1n) is 5.68. The summed E-state index contributed by atoms with van der Waals surface area (Å²) in [6.07, 6.45) is 1.43. The molecule has 1 aromatic rings. The Morgan fingerprint density at radius 3 is 2.89 bits per heavy atom. The third-order valence-corrected chi connectivity index (χ3v) is 7.02. The Morgan fingerprint density at radius 2 is 2.32 bits per heavy atom. The number of thiophene rings is 1. The summed E-state index contributed by atoms with van der Waals surface area (Å²) in [4.78, 5) is 0. The maximum Gasteiger partial charge on any atom is 0.252 e. The van der Waals surface area contributed by atoms with Crippen LogP contribution in [0.1, 0.15) is 12.8 Å². The molecule has 1 atom stereocenters. The van der Waals surface area contributed by atoms with Crippen LogP contribution in [0.25, 0.3) is 0 Å². The minimum atomic E-state index is -3.49. The van der Waals surface area contributed by atoms with Crippen LogP contribution in [0.2, 0.25) is 0 Å².